The minimum atomic E-state index is -2.66. The molecule has 0 aromatic carbocycles. The molecule has 0 radical (unpaired) electrons. The van der Waals surface area contributed by atoms with E-state index in [0.29, 0.717) is 18.5 Å². The highest BCUT2D eigenvalue weighted by Gasteiger charge is 2.43. The quantitative estimate of drug-likeness (QED) is 0.545. The summed E-state index contributed by atoms with van der Waals surface area (Å²) in [5, 5.41) is 15.9. The number of aryl methyl sites for hydroxylation is 1. The summed E-state index contributed by atoms with van der Waals surface area (Å²) in [6.45, 7) is 1.07. The molecule has 3 unspecified atom stereocenters. The van der Waals surface area contributed by atoms with E-state index in [0.717, 1.165) is 12.8 Å². The molecule has 2 aliphatic carbocycles. The third-order valence-corrected chi connectivity index (χ3v) is 5.85. The van der Waals surface area contributed by atoms with Crippen LogP contribution in [0.1, 0.15) is 54.7 Å². The Hall–Kier alpha value is -3.25. The monoisotopic (exact) mass is 470 g/mol. The fraction of sp³-hybridized carbons (Fsp3) is 0.600. The van der Waals surface area contributed by atoms with Crippen molar-refractivity contribution in [1.82, 2.24) is 25.3 Å². The van der Waals surface area contributed by atoms with E-state index in [4.69, 9.17) is 9.47 Å². The summed E-state index contributed by atoms with van der Waals surface area (Å²) in [5.41, 5.74) is 0.280. The zero-order valence-corrected chi connectivity index (χ0v) is 18.1. The molecule has 3 atom stereocenters. The van der Waals surface area contributed by atoms with E-state index in [1.807, 2.05) is 6.92 Å². The Bertz CT molecular complexity index is 1020. The number of anilines is 1. The van der Waals surface area contributed by atoms with E-state index >= 15 is 0 Å². The maximum absolute atomic E-state index is 14.9. The van der Waals surface area contributed by atoms with Crippen LogP contribution < -0.4 is 15.4 Å². The van der Waals surface area contributed by atoms with Gasteiger partial charge in [0.15, 0.2) is 12.4 Å². The highest BCUT2D eigenvalue weighted by molar-refractivity contribution is 6.02. The Balaban J connectivity index is 1.33. The molecule has 2 saturated carbocycles. The van der Waals surface area contributed by atoms with Gasteiger partial charge >= 0.3 is 6.09 Å². The average Bonchev–Trinajstić information content (AvgIpc) is 3.08. The number of hydrogen-bond acceptors (Lipinski definition) is 6. The van der Waals surface area contributed by atoms with Gasteiger partial charge in [0.25, 0.3) is 12.3 Å². The first-order chi connectivity index (χ1) is 15.6. The highest BCUT2D eigenvalue weighted by atomic mass is 19.3. The smallest absolute Gasteiger partial charge is 0.407 e. The third kappa shape index (κ3) is 5.40. The van der Waals surface area contributed by atoms with Gasteiger partial charge in [0.2, 0.25) is 5.88 Å². The van der Waals surface area contributed by atoms with Gasteiger partial charge in [0, 0.05) is 36.3 Å². The number of amides is 2. The van der Waals surface area contributed by atoms with Crippen molar-refractivity contribution in [3.8, 4) is 5.88 Å². The lowest BCUT2D eigenvalue weighted by molar-refractivity contribution is 0.0546. The second-order valence-electron chi connectivity index (χ2n) is 8.61. The molecule has 0 aliphatic heterocycles. The van der Waals surface area contributed by atoms with Crippen molar-refractivity contribution in [2.75, 3.05) is 11.9 Å². The van der Waals surface area contributed by atoms with Crippen molar-refractivity contribution in [2.24, 2.45) is 7.05 Å². The number of nitrogens with one attached hydrogen (secondary N) is 3. The Kier molecular flexibility index (Phi) is 6.21. The number of carbonyl (C=O) groups excluding carboxylic acids is 2. The predicted molar refractivity (Wildman–Crippen MR) is 109 cm³/mol. The molecular formula is C20H25F3N6O4. The number of aromatic nitrogens is 4. The lowest BCUT2D eigenvalue weighted by atomic mass is 10.0. The van der Waals surface area contributed by atoms with Gasteiger partial charge in [-0.1, -0.05) is 0 Å². The molecule has 2 aromatic heterocycles. The minimum Gasteiger partial charge on any atom is -0.471 e. The second kappa shape index (κ2) is 8.94. The SMILES string of the molecule is Cn1nc(OCC(F)F)cc1C(=O)Nc1cc(C2CCC(OC(=O)NC3(C)CC3)C2F)[nH]n1. The number of rotatable bonds is 8. The number of H-pyrrole nitrogens is 1. The number of alkyl halides is 3. The van der Waals surface area contributed by atoms with Crippen LogP contribution in [0.5, 0.6) is 5.88 Å². The number of ether oxygens (including phenoxy) is 2. The van der Waals surface area contributed by atoms with Gasteiger partial charge < -0.3 is 20.1 Å². The maximum Gasteiger partial charge on any atom is 0.407 e. The lowest BCUT2D eigenvalue weighted by Crippen LogP contribution is -2.38. The van der Waals surface area contributed by atoms with Crippen molar-refractivity contribution in [1.29, 1.82) is 0 Å². The van der Waals surface area contributed by atoms with Crippen LogP contribution in [-0.4, -0.2) is 62.8 Å². The lowest BCUT2D eigenvalue weighted by Gasteiger charge is -2.19. The van der Waals surface area contributed by atoms with Crippen LogP contribution in [0.4, 0.5) is 23.8 Å². The molecule has 13 heteroatoms. The summed E-state index contributed by atoms with van der Waals surface area (Å²) in [6, 6.07) is 2.74. The molecule has 0 saturated heterocycles. The molecule has 33 heavy (non-hydrogen) atoms. The third-order valence-electron chi connectivity index (χ3n) is 5.85. The van der Waals surface area contributed by atoms with E-state index in [1.54, 1.807) is 0 Å². The van der Waals surface area contributed by atoms with E-state index in [2.05, 4.69) is 25.9 Å². The molecular weight excluding hydrogens is 445 g/mol. The topological polar surface area (TPSA) is 123 Å². The Morgan fingerprint density at radius 3 is 2.79 bits per heavy atom. The van der Waals surface area contributed by atoms with Crippen LogP contribution in [0.3, 0.4) is 0 Å². The fourth-order valence-corrected chi connectivity index (χ4v) is 3.74. The average molecular weight is 470 g/mol. The normalized spacial score (nSPS) is 23.4. The van der Waals surface area contributed by atoms with Gasteiger partial charge in [-0.3, -0.25) is 14.6 Å². The zero-order chi connectivity index (χ0) is 23.8. The largest absolute Gasteiger partial charge is 0.471 e. The van der Waals surface area contributed by atoms with Crippen molar-refractivity contribution < 1.29 is 32.2 Å². The molecule has 2 amide bonds. The van der Waals surface area contributed by atoms with Gasteiger partial charge in [0.05, 0.1) is 0 Å². The summed E-state index contributed by atoms with van der Waals surface area (Å²) in [6.07, 6.45) is -3.00. The molecule has 0 spiro atoms. The van der Waals surface area contributed by atoms with Crippen molar-refractivity contribution >= 4 is 17.8 Å². The second-order valence-corrected chi connectivity index (χ2v) is 8.61. The van der Waals surface area contributed by atoms with Crippen LogP contribution in [-0.2, 0) is 11.8 Å². The summed E-state index contributed by atoms with van der Waals surface area (Å²) in [7, 11) is 1.46. The Morgan fingerprint density at radius 1 is 1.33 bits per heavy atom. The first-order valence-corrected chi connectivity index (χ1v) is 10.6. The predicted octanol–water partition coefficient (Wildman–Crippen LogP) is 2.90. The van der Waals surface area contributed by atoms with Gasteiger partial charge in [-0.15, -0.1) is 5.10 Å². The molecule has 2 heterocycles. The van der Waals surface area contributed by atoms with Crippen LogP contribution in [0.2, 0.25) is 0 Å². The van der Waals surface area contributed by atoms with Crippen molar-refractivity contribution in [3.63, 3.8) is 0 Å². The molecule has 4 rings (SSSR count). The number of hydrogen-bond donors (Lipinski definition) is 3. The van der Waals surface area contributed by atoms with E-state index in [9.17, 15) is 22.8 Å². The van der Waals surface area contributed by atoms with Crippen LogP contribution >= 0.6 is 0 Å². The molecule has 10 nitrogen and oxygen atoms in total. The van der Waals surface area contributed by atoms with Gasteiger partial charge in [-0.25, -0.2) is 18.0 Å². The maximum atomic E-state index is 14.9. The first kappa shape index (κ1) is 22.9. The first-order valence-electron chi connectivity index (χ1n) is 10.6. The number of halogens is 3. The standard InChI is InChI=1S/C20H25F3N6O4/c1-20(5-6-20)25-19(31)33-13-4-3-10(17(13)23)11-7-15(27-26-11)24-18(30)12-8-16(28-29(12)2)32-9-14(21)22/h7-8,10,13-14,17H,3-6,9H2,1-2H3,(H,25,31)(H2,24,26,27,30). The molecule has 2 aromatic rings. The molecule has 180 valence electrons. The number of nitrogens with zero attached hydrogens (tertiary/aromatic N) is 3. The zero-order valence-electron chi connectivity index (χ0n) is 18.1. The number of aromatic amines is 1. The van der Waals surface area contributed by atoms with E-state index < -0.39 is 43.2 Å². The van der Waals surface area contributed by atoms with Crippen molar-refractivity contribution in [2.45, 2.75) is 62.8 Å². The minimum absolute atomic E-state index is 0.0666. The van der Waals surface area contributed by atoms with E-state index in [1.165, 1.54) is 23.9 Å². The molecule has 3 N–H and O–H groups in total. The summed E-state index contributed by atoms with van der Waals surface area (Å²) < 4.78 is 50.8. The summed E-state index contributed by atoms with van der Waals surface area (Å²) in [5.74, 6) is -1.11. The van der Waals surface area contributed by atoms with Crippen LogP contribution in [0.25, 0.3) is 0 Å². The summed E-state index contributed by atoms with van der Waals surface area (Å²) in [4.78, 5) is 24.5. The van der Waals surface area contributed by atoms with Crippen molar-refractivity contribution in [3.05, 3.63) is 23.5 Å². The molecule has 2 aliphatic rings. The van der Waals surface area contributed by atoms with Gasteiger partial charge in [-0.2, -0.15) is 5.10 Å². The number of carbonyl (C=O) groups is 2. The number of alkyl carbamates (subject to hydrolysis) is 1. The van der Waals surface area contributed by atoms with Crippen LogP contribution in [0.15, 0.2) is 12.1 Å². The molecule has 2 fully saturated rings. The highest BCUT2D eigenvalue weighted by Crippen LogP contribution is 2.39. The Morgan fingerprint density at radius 2 is 2.09 bits per heavy atom. The van der Waals surface area contributed by atoms with Gasteiger partial charge in [-0.05, 0) is 32.6 Å². The Labute approximate surface area is 187 Å². The van der Waals surface area contributed by atoms with Gasteiger partial charge in [0.1, 0.15) is 18.0 Å². The molecule has 0 bridgehead atoms. The summed E-state index contributed by atoms with van der Waals surface area (Å²) >= 11 is 0. The fourth-order valence-electron chi connectivity index (χ4n) is 3.74. The van der Waals surface area contributed by atoms with Crippen LogP contribution in [0, 0.1) is 0 Å². The van der Waals surface area contributed by atoms with E-state index in [-0.39, 0.29) is 22.9 Å².